The second kappa shape index (κ2) is 7.92. The summed E-state index contributed by atoms with van der Waals surface area (Å²) in [6.45, 7) is 2.40. The first kappa shape index (κ1) is 18.5. The smallest absolute Gasteiger partial charge is 0.229 e. The summed E-state index contributed by atoms with van der Waals surface area (Å²) >= 11 is 0. The Morgan fingerprint density at radius 3 is 2.59 bits per heavy atom. The van der Waals surface area contributed by atoms with Crippen molar-refractivity contribution in [1.29, 1.82) is 5.26 Å². The molecule has 0 saturated heterocycles. The lowest BCUT2D eigenvalue weighted by molar-refractivity contribution is -0.131. The van der Waals surface area contributed by atoms with Gasteiger partial charge in [-0.3, -0.25) is 4.79 Å². The number of fused-ring (bicyclic) bond motifs is 1. The Hall–Kier alpha value is -3.32. The van der Waals surface area contributed by atoms with Crippen molar-refractivity contribution in [1.82, 2.24) is 4.90 Å². The maximum atomic E-state index is 12.9. The van der Waals surface area contributed by atoms with E-state index in [1.54, 1.807) is 25.1 Å². The number of nitrogens with zero attached hydrogens (tertiary/aromatic N) is 2. The number of nitriles is 1. The predicted octanol–water partition coefficient (Wildman–Crippen LogP) is 4.48. The van der Waals surface area contributed by atoms with Gasteiger partial charge in [-0.05, 0) is 53.1 Å². The summed E-state index contributed by atoms with van der Waals surface area (Å²) in [7, 11) is 3.45. The second-order valence-electron chi connectivity index (χ2n) is 6.70. The SMILES string of the molecule is COc1ccc2cc([C@@H](C)C(=O)N(C)Cc3cccc(C#N)c3)ccc2c1. The van der Waals surface area contributed by atoms with E-state index in [9.17, 15) is 4.79 Å². The Kier molecular flexibility index (Phi) is 5.42. The molecule has 3 aromatic rings. The minimum absolute atomic E-state index is 0.0465. The normalized spacial score (nSPS) is 11.6. The topological polar surface area (TPSA) is 53.3 Å². The van der Waals surface area contributed by atoms with E-state index < -0.39 is 0 Å². The quantitative estimate of drug-likeness (QED) is 0.675. The van der Waals surface area contributed by atoms with Crippen LogP contribution in [-0.4, -0.2) is 25.0 Å². The van der Waals surface area contributed by atoms with Gasteiger partial charge in [0.05, 0.1) is 24.7 Å². The molecule has 0 aromatic heterocycles. The van der Waals surface area contributed by atoms with E-state index in [4.69, 9.17) is 10.00 Å². The van der Waals surface area contributed by atoms with Crippen LogP contribution in [0.25, 0.3) is 10.8 Å². The van der Waals surface area contributed by atoms with E-state index in [2.05, 4.69) is 12.1 Å². The van der Waals surface area contributed by atoms with Crippen molar-refractivity contribution in [2.45, 2.75) is 19.4 Å². The summed E-state index contributed by atoms with van der Waals surface area (Å²) in [5.74, 6) is 0.615. The summed E-state index contributed by atoms with van der Waals surface area (Å²) in [5.41, 5.74) is 2.53. The van der Waals surface area contributed by atoms with Crippen LogP contribution in [0.4, 0.5) is 0 Å². The third kappa shape index (κ3) is 4.09. The fraction of sp³-hybridized carbons (Fsp3) is 0.217. The fourth-order valence-corrected chi connectivity index (χ4v) is 3.20. The van der Waals surface area contributed by atoms with E-state index >= 15 is 0 Å². The van der Waals surface area contributed by atoms with Gasteiger partial charge in [0, 0.05) is 13.6 Å². The number of methoxy groups -OCH3 is 1. The highest BCUT2D eigenvalue weighted by molar-refractivity contribution is 5.88. The largest absolute Gasteiger partial charge is 0.497 e. The van der Waals surface area contributed by atoms with Gasteiger partial charge in [0.1, 0.15) is 5.75 Å². The average Bonchev–Trinajstić information content (AvgIpc) is 2.71. The molecule has 0 N–H and O–H groups in total. The highest BCUT2D eigenvalue weighted by Crippen LogP contribution is 2.26. The van der Waals surface area contributed by atoms with Crippen molar-refractivity contribution in [2.75, 3.05) is 14.2 Å². The minimum atomic E-state index is -0.249. The third-order valence-electron chi connectivity index (χ3n) is 4.79. The summed E-state index contributed by atoms with van der Waals surface area (Å²) < 4.78 is 5.26. The van der Waals surface area contributed by atoms with Crippen LogP contribution in [0, 0.1) is 11.3 Å². The Morgan fingerprint density at radius 1 is 1.11 bits per heavy atom. The minimum Gasteiger partial charge on any atom is -0.497 e. The van der Waals surface area contributed by atoms with Gasteiger partial charge < -0.3 is 9.64 Å². The molecule has 0 aliphatic carbocycles. The molecule has 0 fully saturated rings. The Balaban J connectivity index is 1.77. The molecular weight excluding hydrogens is 336 g/mol. The van der Waals surface area contributed by atoms with E-state index in [1.807, 2.05) is 55.5 Å². The van der Waals surface area contributed by atoms with Crippen molar-refractivity contribution in [3.8, 4) is 11.8 Å². The van der Waals surface area contributed by atoms with Crippen LogP contribution in [0.3, 0.4) is 0 Å². The molecule has 0 heterocycles. The van der Waals surface area contributed by atoms with Gasteiger partial charge in [-0.15, -0.1) is 0 Å². The Bertz CT molecular complexity index is 1020. The first-order valence-corrected chi connectivity index (χ1v) is 8.83. The molecule has 3 rings (SSSR count). The molecule has 0 aliphatic rings. The highest BCUT2D eigenvalue weighted by atomic mass is 16.5. The van der Waals surface area contributed by atoms with Crippen LogP contribution < -0.4 is 4.74 Å². The van der Waals surface area contributed by atoms with Gasteiger partial charge in [0.2, 0.25) is 5.91 Å². The van der Waals surface area contributed by atoms with Crippen molar-refractivity contribution in [3.05, 3.63) is 77.4 Å². The van der Waals surface area contributed by atoms with Gasteiger partial charge in [-0.25, -0.2) is 0 Å². The monoisotopic (exact) mass is 358 g/mol. The molecule has 4 heteroatoms. The Labute approximate surface area is 159 Å². The molecule has 0 radical (unpaired) electrons. The van der Waals surface area contributed by atoms with Gasteiger partial charge in [0.15, 0.2) is 0 Å². The molecule has 0 saturated carbocycles. The predicted molar refractivity (Wildman–Crippen MR) is 107 cm³/mol. The van der Waals surface area contributed by atoms with E-state index in [1.165, 1.54) is 0 Å². The molecular formula is C23H22N2O2. The van der Waals surface area contributed by atoms with Gasteiger partial charge >= 0.3 is 0 Å². The lowest BCUT2D eigenvalue weighted by Gasteiger charge is -2.22. The zero-order valence-electron chi connectivity index (χ0n) is 15.8. The maximum Gasteiger partial charge on any atom is 0.229 e. The standard InChI is InChI=1S/C23H22N2O2/c1-16(19-7-8-21-13-22(27-3)10-9-20(21)12-19)23(26)25(2)15-18-6-4-5-17(11-18)14-24/h4-13,16H,15H2,1-3H3/t16-/m1/s1. The van der Waals surface area contributed by atoms with E-state index in [0.717, 1.165) is 27.6 Å². The van der Waals surface area contributed by atoms with Crippen LogP contribution in [0.15, 0.2) is 60.7 Å². The lowest BCUT2D eigenvalue weighted by Crippen LogP contribution is -2.30. The fourth-order valence-electron chi connectivity index (χ4n) is 3.20. The molecule has 0 spiro atoms. The zero-order chi connectivity index (χ0) is 19.4. The van der Waals surface area contributed by atoms with E-state index in [0.29, 0.717) is 12.1 Å². The molecule has 1 atom stereocenters. The number of rotatable bonds is 5. The molecule has 4 nitrogen and oxygen atoms in total. The van der Waals surface area contributed by atoms with Crippen molar-refractivity contribution >= 4 is 16.7 Å². The van der Waals surface area contributed by atoms with Crippen molar-refractivity contribution in [3.63, 3.8) is 0 Å². The molecule has 1 amide bonds. The number of likely N-dealkylation sites (N-methyl/N-ethyl adjacent to an activating group) is 1. The Morgan fingerprint density at radius 2 is 1.85 bits per heavy atom. The van der Waals surface area contributed by atoms with Crippen LogP contribution >= 0.6 is 0 Å². The molecule has 27 heavy (non-hydrogen) atoms. The number of amides is 1. The first-order chi connectivity index (χ1) is 13.0. The van der Waals surface area contributed by atoms with Gasteiger partial charge in [0.25, 0.3) is 0 Å². The zero-order valence-corrected chi connectivity index (χ0v) is 15.8. The summed E-state index contributed by atoms with van der Waals surface area (Å²) in [4.78, 5) is 14.6. The average molecular weight is 358 g/mol. The van der Waals surface area contributed by atoms with Gasteiger partial charge in [-0.1, -0.05) is 36.4 Å². The number of hydrogen-bond donors (Lipinski definition) is 0. The molecule has 0 aliphatic heterocycles. The molecule has 0 unspecified atom stereocenters. The van der Waals surface area contributed by atoms with E-state index in [-0.39, 0.29) is 11.8 Å². The van der Waals surface area contributed by atoms with Crippen LogP contribution in [0.5, 0.6) is 5.75 Å². The van der Waals surface area contributed by atoms with Crippen molar-refractivity contribution in [2.24, 2.45) is 0 Å². The lowest BCUT2D eigenvalue weighted by atomic mass is 9.96. The number of benzene rings is 3. The van der Waals surface area contributed by atoms with Crippen LogP contribution in [0.1, 0.15) is 29.5 Å². The van der Waals surface area contributed by atoms with Crippen LogP contribution in [-0.2, 0) is 11.3 Å². The summed E-state index contributed by atoms with van der Waals surface area (Å²) in [6.07, 6.45) is 0. The molecule has 3 aromatic carbocycles. The number of ether oxygens (including phenoxy) is 1. The first-order valence-electron chi connectivity index (χ1n) is 8.83. The number of carbonyl (C=O) groups is 1. The third-order valence-corrected chi connectivity index (χ3v) is 4.79. The molecule has 136 valence electrons. The maximum absolute atomic E-state index is 12.9. The number of hydrogen-bond acceptors (Lipinski definition) is 3. The highest BCUT2D eigenvalue weighted by Gasteiger charge is 2.20. The second-order valence-corrected chi connectivity index (χ2v) is 6.70. The summed E-state index contributed by atoms with van der Waals surface area (Å²) in [5, 5.41) is 11.2. The number of carbonyl (C=O) groups excluding carboxylic acids is 1. The van der Waals surface area contributed by atoms with Crippen LogP contribution in [0.2, 0.25) is 0 Å². The summed E-state index contributed by atoms with van der Waals surface area (Å²) in [6, 6.07) is 21.5. The molecule has 0 bridgehead atoms. The van der Waals surface area contributed by atoms with Crippen molar-refractivity contribution < 1.29 is 9.53 Å². The van der Waals surface area contributed by atoms with Gasteiger partial charge in [-0.2, -0.15) is 5.26 Å².